The maximum atomic E-state index is 12.9. The Kier molecular flexibility index (Phi) is 4.22. The van der Waals surface area contributed by atoms with E-state index in [-0.39, 0.29) is 10.8 Å². The van der Waals surface area contributed by atoms with E-state index in [9.17, 15) is 19.5 Å². The van der Waals surface area contributed by atoms with Crippen LogP contribution >= 0.6 is 11.8 Å². The van der Waals surface area contributed by atoms with Crippen molar-refractivity contribution in [3.63, 3.8) is 0 Å². The summed E-state index contributed by atoms with van der Waals surface area (Å²) in [5.41, 5.74) is 0.126. The lowest BCUT2D eigenvalue weighted by Gasteiger charge is -2.47. The van der Waals surface area contributed by atoms with E-state index in [0.717, 1.165) is 5.56 Å². The summed E-state index contributed by atoms with van der Waals surface area (Å²) in [4.78, 5) is 38.6. The first-order valence-corrected chi connectivity index (χ1v) is 9.75. The van der Waals surface area contributed by atoms with Gasteiger partial charge >= 0.3 is 5.97 Å². The molecule has 0 spiro atoms. The van der Waals surface area contributed by atoms with E-state index in [0.29, 0.717) is 11.5 Å². The average molecular weight is 401 g/mol. The molecule has 8 nitrogen and oxygen atoms in total. The first kappa shape index (κ1) is 18.5. The third kappa shape index (κ3) is 2.46. The van der Waals surface area contributed by atoms with Gasteiger partial charge in [0.15, 0.2) is 0 Å². The molecule has 4 unspecified atom stereocenters. The molecule has 2 aliphatic rings. The molecule has 2 aliphatic heterocycles. The van der Waals surface area contributed by atoms with E-state index in [1.54, 1.807) is 20.8 Å². The zero-order valence-electron chi connectivity index (χ0n) is 15.5. The molecular weight excluding hydrogens is 382 g/mol. The summed E-state index contributed by atoms with van der Waals surface area (Å²) in [5, 5.41) is 15.6. The minimum absolute atomic E-state index is 0.273. The van der Waals surface area contributed by atoms with Crippen LogP contribution in [0.25, 0.3) is 11.3 Å². The molecule has 1 aromatic carbocycles. The molecule has 28 heavy (non-hydrogen) atoms. The number of carbonyl (C=O) groups excluding carboxylic acids is 2. The van der Waals surface area contributed by atoms with Crippen LogP contribution in [0.4, 0.5) is 0 Å². The third-order valence-corrected chi connectivity index (χ3v) is 7.16. The topological polar surface area (TPSA) is 113 Å². The fourth-order valence-corrected chi connectivity index (χ4v) is 5.37. The average Bonchev–Trinajstić information content (AvgIpc) is 3.17. The Hall–Kier alpha value is -2.81. The fourth-order valence-electron chi connectivity index (χ4n) is 3.69. The number of fused-ring (bicyclic) bond motifs is 1. The van der Waals surface area contributed by atoms with Gasteiger partial charge in [-0.1, -0.05) is 42.4 Å². The van der Waals surface area contributed by atoms with Gasteiger partial charge in [0, 0.05) is 10.8 Å². The van der Waals surface area contributed by atoms with Crippen molar-refractivity contribution in [1.82, 2.24) is 15.4 Å². The molecule has 2 fully saturated rings. The Bertz CT molecular complexity index is 975. The molecule has 146 valence electrons. The minimum Gasteiger partial charge on any atom is -0.479 e. The van der Waals surface area contributed by atoms with E-state index in [1.165, 1.54) is 16.7 Å². The minimum atomic E-state index is -1.28. The molecule has 2 N–H and O–H groups in total. The van der Waals surface area contributed by atoms with E-state index in [2.05, 4.69) is 10.5 Å². The van der Waals surface area contributed by atoms with Crippen molar-refractivity contribution in [1.29, 1.82) is 0 Å². The molecule has 1 aromatic heterocycles. The summed E-state index contributed by atoms with van der Waals surface area (Å²) in [7, 11) is 0. The van der Waals surface area contributed by atoms with Crippen molar-refractivity contribution in [2.45, 2.75) is 43.0 Å². The lowest BCUT2D eigenvalue weighted by Crippen LogP contribution is -2.73. The molecule has 2 saturated heterocycles. The number of carboxylic acid groups (broad SMARTS) is 1. The normalized spacial score (nSPS) is 28.6. The SMILES string of the molecule is Cc1onc(-c2ccccc2)c1C(=O)NC1C(=O)N2C1SC(C)C2(C)C(=O)O. The van der Waals surface area contributed by atoms with E-state index in [1.807, 2.05) is 30.3 Å². The summed E-state index contributed by atoms with van der Waals surface area (Å²) < 4.78 is 5.21. The van der Waals surface area contributed by atoms with Gasteiger partial charge in [-0.05, 0) is 13.8 Å². The second-order valence-electron chi connectivity index (χ2n) is 7.11. The lowest BCUT2D eigenvalue weighted by atomic mass is 9.90. The van der Waals surface area contributed by atoms with Crippen LogP contribution in [0.2, 0.25) is 0 Å². The van der Waals surface area contributed by atoms with Gasteiger partial charge in [-0.2, -0.15) is 0 Å². The van der Waals surface area contributed by atoms with Crippen LogP contribution in [0, 0.1) is 6.92 Å². The van der Waals surface area contributed by atoms with Crippen molar-refractivity contribution in [3.8, 4) is 11.3 Å². The van der Waals surface area contributed by atoms with E-state index >= 15 is 0 Å². The molecule has 0 saturated carbocycles. The van der Waals surface area contributed by atoms with Crippen LogP contribution in [0.1, 0.15) is 30.0 Å². The Morgan fingerprint density at radius 2 is 2.00 bits per heavy atom. The van der Waals surface area contributed by atoms with Crippen LogP contribution < -0.4 is 5.32 Å². The number of thioether (sulfide) groups is 1. The van der Waals surface area contributed by atoms with Gasteiger partial charge in [-0.3, -0.25) is 9.59 Å². The number of rotatable bonds is 4. The summed E-state index contributed by atoms with van der Waals surface area (Å²) >= 11 is 1.38. The Morgan fingerprint density at radius 1 is 1.32 bits per heavy atom. The van der Waals surface area contributed by atoms with Crippen molar-refractivity contribution in [2.24, 2.45) is 0 Å². The summed E-state index contributed by atoms with van der Waals surface area (Å²) in [6.45, 7) is 4.96. The maximum absolute atomic E-state index is 12.9. The number of benzene rings is 1. The molecular formula is C19H19N3O5S. The van der Waals surface area contributed by atoms with Gasteiger partial charge in [-0.15, -0.1) is 11.8 Å². The zero-order valence-corrected chi connectivity index (χ0v) is 16.3. The number of carbonyl (C=O) groups is 3. The number of aliphatic carboxylic acids is 1. The maximum Gasteiger partial charge on any atom is 0.330 e. The molecule has 2 aromatic rings. The van der Waals surface area contributed by atoms with Crippen LogP contribution in [0.15, 0.2) is 34.9 Å². The van der Waals surface area contributed by atoms with Gasteiger partial charge in [0.25, 0.3) is 5.91 Å². The largest absolute Gasteiger partial charge is 0.479 e. The highest BCUT2D eigenvalue weighted by atomic mass is 32.2. The highest BCUT2D eigenvalue weighted by Gasteiger charge is 2.66. The van der Waals surface area contributed by atoms with Gasteiger partial charge in [0.2, 0.25) is 5.91 Å². The van der Waals surface area contributed by atoms with Crippen LogP contribution in [0.3, 0.4) is 0 Å². The second kappa shape index (κ2) is 6.37. The lowest BCUT2D eigenvalue weighted by molar-refractivity contribution is -0.167. The van der Waals surface area contributed by atoms with Gasteiger partial charge in [0.05, 0.1) is 0 Å². The molecule has 0 bridgehead atoms. The van der Waals surface area contributed by atoms with Gasteiger partial charge < -0.3 is 19.8 Å². The highest BCUT2D eigenvalue weighted by Crippen LogP contribution is 2.50. The smallest absolute Gasteiger partial charge is 0.330 e. The monoisotopic (exact) mass is 401 g/mol. The quantitative estimate of drug-likeness (QED) is 0.752. The first-order valence-electron chi connectivity index (χ1n) is 8.81. The zero-order chi connectivity index (χ0) is 20.2. The predicted molar refractivity (Wildman–Crippen MR) is 102 cm³/mol. The van der Waals surface area contributed by atoms with Gasteiger partial charge in [0.1, 0.15) is 34.0 Å². The molecule has 3 heterocycles. The number of aryl methyl sites for hydroxylation is 1. The number of carboxylic acids is 1. The van der Waals surface area contributed by atoms with Crippen molar-refractivity contribution < 1.29 is 24.0 Å². The number of nitrogens with one attached hydrogen (secondary N) is 1. The van der Waals surface area contributed by atoms with E-state index < -0.39 is 34.7 Å². The standard InChI is InChI=1S/C19H19N3O5S/c1-9-12(13(21-27-9)11-7-5-4-6-8-11)15(23)20-14-16(24)22-17(14)28-10(2)19(22,3)18(25)26/h4-8,10,14,17H,1-3H3,(H,20,23)(H,25,26). The number of β-lactam (4-membered cyclic amide) rings is 1. The van der Waals surface area contributed by atoms with E-state index in [4.69, 9.17) is 4.52 Å². The third-order valence-electron chi connectivity index (χ3n) is 5.54. The van der Waals surface area contributed by atoms with Gasteiger partial charge in [-0.25, -0.2) is 4.79 Å². The molecule has 9 heteroatoms. The molecule has 4 atom stereocenters. The number of hydrogen-bond acceptors (Lipinski definition) is 6. The molecule has 0 radical (unpaired) electrons. The van der Waals surface area contributed by atoms with Crippen molar-refractivity contribution in [3.05, 3.63) is 41.7 Å². The molecule has 2 amide bonds. The van der Waals surface area contributed by atoms with Crippen molar-refractivity contribution in [2.75, 3.05) is 0 Å². The summed E-state index contributed by atoms with van der Waals surface area (Å²) in [5.74, 6) is -1.56. The first-order chi connectivity index (χ1) is 13.3. The number of amides is 2. The highest BCUT2D eigenvalue weighted by molar-refractivity contribution is 8.01. The number of nitrogens with zero attached hydrogens (tertiary/aromatic N) is 2. The fraction of sp³-hybridized carbons (Fsp3) is 0.368. The Labute approximate surface area is 165 Å². The Morgan fingerprint density at radius 3 is 2.64 bits per heavy atom. The summed E-state index contributed by atoms with van der Waals surface area (Å²) in [6.07, 6.45) is 0. The predicted octanol–water partition coefficient (Wildman–Crippen LogP) is 1.90. The van der Waals surface area contributed by atoms with Crippen LogP contribution in [-0.4, -0.2) is 55.2 Å². The van der Waals surface area contributed by atoms with Crippen LogP contribution in [0.5, 0.6) is 0 Å². The molecule has 0 aliphatic carbocycles. The second-order valence-corrected chi connectivity index (χ2v) is 8.57. The summed E-state index contributed by atoms with van der Waals surface area (Å²) in [6, 6.07) is 8.37. The van der Waals surface area contributed by atoms with Crippen molar-refractivity contribution >= 4 is 29.5 Å². The number of hydrogen-bond donors (Lipinski definition) is 2. The number of aromatic nitrogens is 1. The molecule has 4 rings (SSSR count). The van der Waals surface area contributed by atoms with Crippen LogP contribution in [-0.2, 0) is 9.59 Å². The Balaban J connectivity index is 1.58.